The number of hydrogen-bond acceptors (Lipinski definition) is 4. The molecular formula is C31H35F3N2O2S. The highest BCUT2D eigenvalue weighted by Crippen LogP contribution is 2.37. The number of thiophene rings is 1. The van der Waals surface area contributed by atoms with Crippen molar-refractivity contribution in [3.05, 3.63) is 93.7 Å². The summed E-state index contributed by atoms with van der Waals surface area (Å²) in [6, 6.07) is 17.0. The van der Waals surface area contributed by atoms with E-state index in [1.54, 1.807) is 16.2 Å². The number of alkyl halides is 3. The molecule has 3 aromatic rings. The lowest BCUT2D eigenvalue weighted by Crippen LogP contribution is -2.46. The van der Waals surface area contributed by atoms with E-state index >= 15 is 0 Å². The summed E-state index contributed by atoms with van der Waals surface area (Å²) in [5, 5.41) is 15.4. The van der Waals surface area contributed by atoms with Crippen LogP contribution in [-0.2, 0) is 12.6 Å². The fourth-order valence-corrected chi connectivity index (χ4v) is 6.79. The van der Waals surface area contributed by atoms with Gasteiger partial charge in [0.1, 0.15) is 0 Å². The molecule has 1 aromatic heterocycles. The van der Waals surface area contributed by atoms with Gasteiger partial charge in [-0.1, -0.05) is 30.3 Å². The first-order chi connectivity index (χ1) is 18.7. The molecule has 1 N–H and O–H groups in total. The fourth-order valence-electron chi connectivity index (χ4n) is 6.07. The molecule has 39 heavy (non-hydrogen) atoms. The highest BCUT2D eigenvalue weighted by atomic mass is 32.1. The second kappa shape index (κ2) is 11.8. The van der Waals surface area contributed by atoms with Crippen LogP contribution in [-0.4, -0.2) is 59.1 Å². The second-order valence-corrected chi connectivity index (χ2v) is 11.9. The summed E-state index contributed by atoms with van der Waals surface area (Å²) in [5.74, 6) is 0.182. The third-order valence-electron chi connectivity index (χ3n) is 8.39. The number of halogens is 3. The lowest BCUT2D eigenvalue weighted by Gasteiger charge is -2.39. The summed E-state index contributed by atoms with van der Waals surface area (Å²) in [6.45, 7) is 3.59. The summed E-state index contributed by atoms with van der Waals surface area (Å²) in [6.07, 6.45) is -0.207. The van der Waals surface area contributed by atoms with Gasteiger partial charge in [0.15, 0.2) is 0 Å². The van der Waals surface area contributed by atoms with Gasteiger partial charge < -0.3 is 14.9 Å². The van der Waals surface area contributed by atoms with Crippen LogP contribution in [0.15, 0.2) is 71.4 Å². The molecule has 0 radical (unpaired) electrons. The van der Waals surface area contributed by atoms with Crippen molar-refractivity contribution in [2.24, 2.45) is 5.92 Å². The second-order valence-electron chi connectivity index (χ2n) is 11.1. The minimum atomic E-state index is -4.42. The number of carbonyl (C=O) groups excluding carboxylic acids is 1. The Morgan fingerprint density at radius 2 is 1.72 bits per heavy atom. The van der Waals surface area contributed by atoms with Crippen LogP contribution in [0.4, 0.5) is 13.2 Å². The molecule has 0 spiro atoms. The van der Waals surface area contributed by atoms with E-state index in [1.807, 2.05) is 23.6 Å². The minimum absolute atomic E-state index is 0.182. The minimum Gasteiger partial charge on any atom is -0.390 e. The normalized spacial score (nSPS) is 21.8. The Bertz CT molecular complexity index is 1210. The van der Waals surface area contributed by atoms with Crippen molar-refractivity contribution in [2.45, 2.75) is 49.8 Å². The van der Waals surface area contributed by atoms with Crippen molar-refractivity contribution < 1.29 is 23.1 Å². The predicted molar refractivity (Wildman–Crippen MR) is 148 cm³/mol. The molecule has 2 atom stereocenters. The van der Waals surface area contributed by atoms with E-state index in [4.69, 9.17) is 0 Å². The highest BCUT2D eigenvalue weighted by Gasteiger charge is 2.39. The van der Waals surface area contributed by atoms with Gasteiger partial charge >= 0.3 is 6.18 Å². The fraction of sp³-hybridized carbons (Fsp3) is 0.452. The smallest absolute Gasteiger partial charge is 0.390 e. The van der Waals surface area contributed by atoms with Gasteiger partial charge in [-0.05, 0) is 90.2 Å². The summed E-state index contributed by atoms with van der Waals surface area (Å²) in [5.41, 5.74) is 1.42. The summed E-state index contributed by atoms with van der Waals surface area (Å²) >= 11 is 1.63. The number of rotatable bonds is 8. The lowest BCUT2D eigenvalue weighted by molar-refractivity contribution is -0.137. The van der Waals surface area contributed by atoms with Gasteiger partial charge in [-0.25, -0.2) is 0 Å². The van der Waals surface area contributed by atoms with Crippen molar-refractivity contribution in [2.75, 3.05) is 32.7 Å². The summed E-state index contributed by atoms with van der Waals surface area (Å²) in [7, 11) is 0. The predicted octanol–water partition coefficient (Wildman–Crippen LogP) is 6.47. The molecule has 4 nitrogen and oxygen atoms in total. The molecule has 2 aliphatic heterocycles. The number of aryl methyl sites for hydroxylation is 1. The monoisotopic (exact) mass is 556 g/mol. The Hall–Kier alpha value is -2.68. The molecule has 2 saturated heterocycles. The van der Waals surface area contributed by atoms with Gasteiger partial charge in [0.2, 0.25) is 0 Å². The molecule has 3 heterocycles. The van der Waals surface area contributed by atoms with E-state index in [0.29, 0.717) is 13.1 Å². The van der Waals surface area contributed by atoms with Crippen molar-refractivity contribution in [1.82, 2.24) is 9.80 Å². The molecule has 0 saturated carbocycles. The van der Waals surface area contributed by atoms with Crippen LogP contribution in [0.5, 0.6) is 0 Å². The number of nitrogens with zero attached hydrogens (tertiary/aromatic N) is 2. The van der Waals surface area contributed by atoms with Gasteiger partial charge in [-0.2, -0.15) is 24.5 Å². The highest BCUT2D eigenvalue weighted by molar-refractivity contribution is 7.08. The summed E-state index contributed by atoms with van der Waals surface area (Å²) < 4.78 is 38.9. The van der Waals surface area contributed by atoms with Crippen molar-refractivity contribution in [1.29, 1.82) is 0 Å². The Kier molecular flexibility index (Phi) is 8.45. The van der Waals surface area contributed by atoms with E-state index in [2.05, 4.69) is 28.5 Å². The average Bonchev–Trinajstić information content (AvgIpc) is 3.60. The number of piperidine rings is 1. The largest absolute Gasteiger partial charge is 0.416 e. The molecule has 0 aliphatic carbocycles. The average molecular weight is 557 g/mol. The van der Waals surface area contributed by atoms with Crippen LogP contribution in [0.2, 0.25) is 0 Å². The van der Waals surface area contributed by atoms with Crippen LogP contribution >= 0.6 is 11.3 Å². The van der Waals surface area contributed by atoms with Crippen molar-refractivity contribution in [3.63, 3.8) is 0 Å². The Labute approximate surface area is 232 Å². The molecule has 2 fully saturated rings. The number of likely N-dealkylation sites (tertiary alicyclic amines) is 2. The molecule has 208 valence electrons. The Balaban J connectivity index is 1.18. The van der Waals surface area contributed by atoms with Crippen molar-refractivity contribution in [3.8, 4) is 0 Å². The first-order valence-electron chi connectivity index (χ1n) is 13.7. The van der Waals surface area contributed by atoms with Gasteiger partial charge in [-0.15, -0.1) is 0 Å². The first-order valence-corrected chi connectivity index (χ1v) is 14.6. The zero-order chi connectivity index (χ0) is 27.5. The van der Waals surface area contributed by atoms with Gasteiger partial charge in [0.25, 0.3) is 5.91 Å². The van der Waals surface area contributed by atoms with Crippen LogP contribution in [0, 0.1) is 5.92 Å². The Morgan fingerprint density at radius 1 is 1.00 bits per heavy atom. The van der Waals surface area contributed by atoms with E-state index in [-0.39, 0.29) is 23.3 Å². The maximum Gasteiger partial charge on any atom is 0.416 e. The van der Waals surface area contributed by atoms with Crippen LogP contribution < -0.4 is 0 Å². The van der Waals surface area contributed by atoms with Gasteiger partial charge in [0.05, 0.1) is 11.2 Å². The molecule has 8 heteroatoms. The van der Waals surface area contributed by atoms with E-state index in [9.17, 15) is 23.1 Å². The van der Waals surface area contributed by atoms with Crippen LogP contribution in [0.3, 0.4) is 0 Å². The van der Waals surface area contributed by atoms with Crippen LogP contribution in [0.25, 0.3) is 0 Å². The number of aliphatic hydroxyl groups is 1. The third-order valence-corrected chi connectivity index (χ3v) is 9.09. The molecule has 2 unspecified atom stereocenters. The van der Waals surface area contributed by atoms with Crippen LogP contribution in [0.1, 0.15) is 58.6 Å². The van der Waals surface area contributed by atoms with Gasteiger partial charge in [-0.3, -0.25) is 4.79 Å². The third kappa shape index (κ3) is 6.91. The molecule has 0 bridgehead atoms. The quantitative estimate of drug-likeness (QED) is 0.346. The molecule has 2 aromatic carbocycles. The number of benzene rings is 2. The zero-order valence-corrected chi connectivity index (χ0v) is 22.8. The topological polar surface area (TPSA) is 43.8 Å². The molecule has 5 rings (SSSR count). The molecule has 2 aliphatic rings. The zero-order valence-electron chi connectivity index (χ0n) is 21.9. The Morgan fingerprint density at radius 3 is 2.36 bits per heavy atom. The number of carbonyl (C=O) groups is 1. The van der Waals surface area contributed by atoms with Gasteiger partial charge in [0, 0.05) is 44.2 Å². The SMILES string of the molecule is O=C(c1ccc(C(F)(F)F)cc1)N1CC(CN2CCC(O)(CCCc3ccccc3)CC2)C(c2ccsc2)C1. The molecule has 1 amide bonds. The van der Waals surface area contributed by atoms with E-state index < -0.39 is 17.3 Å². The number of amides is 1. The first kappa shape index (κ1) is 27.9. The van der Waals surface area contributed by atoms with E-state index in [1.165, 1.54) is 23.3 Å². The summed E-state index contributed by atoms with van der Waals surface area (Å²) in [4.78, 5) is 17.4. The maximum absolute atomic E-state index is 13.2. The van der Waals surface area contributed by atoms with Crippen molar-refractivity contribution >= 4 is 17.2 Å². The number of hydrogen-bond donors (Lipinski definition) is 1. The maximum atomic E-state index is 13.2. The lowest BCUT2D eigenvalue weighted by atomic mass is 9.84. The van der Waals surface area contributed by atoms with E-state index in [0.717, 1.165) is 63.9 Å². The standard InChI is InChI=1S/C31H35F3N2O2S/c32-31(33,34)27-10-8-24(9-11-27)29(37)36-20-26(28(21-36)25-12-18-39-22-25)19-35-16-14-30(38,15-17-35)13-4-7-23-5-2-1-3-6-23/h1-3,5-6,8-12,18,22,26,28,38H,4,7,13-17,19-21H2. The molecular weight excluding hydrogens is 521 g/mol.